The van der Waals surface area contributed by atoms with Crippen LogP contribution >= 0.6 is 39.1 Å². The molecule has 11 heteroatoms. The van der Waals surface area contributed by atoms with Crippen molar-refractivity contribution >= 4 is 66.7 Å². The highest BCUT2D eigenvalue weighted by atomic mass is 79.9. The van der Waals surface area contributed by atoms with Crippen molar-refractivity contribution in [1.82, 2.24) is 10.2 Å². The lowest BCUT2D eigenvalue weighted by Gasteiger charge is -2.34. The number of sulfonamides is 1. The van der Waals surface area contributed by atoms with E-state index < -0.39 is 28.5 Å². The Morgan fingerprint density at radius 2 is 1.57 bits per heavy atom. The first-order valence-electron chi connectivity index (χ1n) is 13.9. The van der Waals surface area contributed by atoms with Gasteiger partial charge in [-0.1, -0.05) is 99.3 Å². The maximum atomic E-state index is 14.4. The summed E-state index contributed by atoms with van der Waals surface area (Å²) < 4.78 is 29.9. The number of nitrogens with one attached hydrogen (secondary N) is 1. The first-order chi connectivity index (χ1) is 21.0. The fourth-order valence-corrected chi connectivity index (χ4v) is 6.79. The molecule has 0 radical (unpaired) electrons. The maximum absolute atomic E-state index is 14.4. The number of rotatable bonds is 12. The van der Waals surface area contributed by atoms with E-state index in [0.29, 0.717) is 32.3 Å². The van der Waals surface area contributed by atoms with Crippen molar-refractivity contribution in [1.29, 1.82) is 0 Å². The first-order valence-corrected chi connectivity index (χ1v) is 16.9. The van der Waals surface area contributed by atoms with Crippen LogP contribution in [-0.4, -0.2) is 44.3 Å². The van der Waals surface area contributed by atoms with E-state index in [9.17, 15) is 18.0 Å². The van der Waals surface area contributed by atoms with E-state index >= 15 is 0 Å². The Kier molecular flexibility index (Phi) is 11.5. The summed E-state index contributed by atoms with van der Waals surface area (Å²) in [4.78, 5) is 29.4. The van der Waals surface area contributed by atoms with Crippen molar-refractivity contribution in [2.75, 3.05) is 17.4 Å². The number of amides is 2. The highest BCUT2D eigenvalue weighted by Gasteiger charge is 2.34. The molecule has 4 aromatic rings. The predicted octanol–water partition coefficient (Wildman–Crippen LogP) is 7.04. The van der Waals surface area contributed by atoms with Crippen LogP contribution in [0.25, 0.3) is 0 Å². The molecule has 0 heterocycles. The second-order valence-corrected chi connectivity index (χ2v) is 13.8. The molecule has 230 valence electrons. The third kappa shape index (κ3) is 8.41. The molecule has 0 saturated heterocycles. The molecule has 0 aliphatic rings. The van der Waals surface area contributed by atoms with Gasteiger partial charge in [0.1, 0.15) is 12.6 Å². The molecule has 0 spiro atoms. The van der Waals surface area contributed by atoms with Gasteiger partial charge in [0.2, 0.25) is 11.8 Å². The summed E-state index contributed by atoms with van der Waals surface area (Å²) >= 11 is 15.9. The van der Waals surface area contributed by atoms with Crippen LogP contribution in [0.3, 0.4) is 0 Å². The maximum Gasteiger partial charge on any atom is 0.264 e. The number of likely N-dealkylation sites (N-methyl/N-ethyl adjacent to an activating group) is 1. The smallest absolute Gasteiger partial charge is 0.264 e. The lowest BCUT2D eigenvalue weighted by molar-refractivity contribution is -0.140. The van der Waals surface area contributed by atoms with Crippen LogP contribution in [0.15, 0.2) is 106 Å². The molecule has 7 nitrogen and oxygen atoms in total. The molecule has 0 saturated carbocycles. The molecule has 1 N–H and O–H groups in total. The Bertz CT molecular complexity index is 1720. The Hall–Kier alpha value is -3.37. The zero-order chi connectivity index (χ0) is 31.9. The van der Waals surface area contributed by atoms with Gasteiger partial charge in [0.05, 0.1) is 20.6 Å². The third-order valence-corrected chi connectivity index (χ3v) is 9.96. The van der Waals surface area contributed by atoms with E-state index in [-0.39, 0.29) is 23.8 Å². The number of aryl methyl sites for hydroxylation is 1. The van der Waals surface area contributed by atoms with Crippen LogP contribution in [0.1, 0.15) is 23.6 Å². The minimum absolute atomic E-state index is 0.0126. The molecule has 44 heavy (non-hydrogen) atoms. The normalized spacial score (nSPS) is 11.9. The number of benzene rings is 4. The molecule has 4 rings (SSSR count). The van der Waals surface area contributed by atoms with E-state index in [4.69, 9.17) is 23.2 Å². The number of halogens is 3. The Morgan fingerprint density at radius 1 is 0.864 bits per heavy atom. The number of carbonyl (C=O) groups excluding carboxylic acids is 2. The average molecular weight is 718 g/mol. The lowest BCUT2D eigenvalue weighted by atomic mass is 10.0. The zero-order valence-electron chi connectivity index (χ0n) is 24.2. The molecular weight excluding hydrogens is 685 g/mol. The fourth-order valence-electron chi connectivity index (χ4n) is 4.68. The quantitative estimate of drug-likeness (QED) is 0.171. The van der Waals surface area contributed by atoms with Crippen LogP contribution in [-0.2, 0) is 32.6 Å². The van der Waals surface area contributed by atoms with Crippen LogP contribution in [0, 0.1) is 6.92 Å². The molecule has 0 bridgehead atoms. The highest BCUT2D eigenvalue weighted by Crippen LogP contribution is 2.28. The predicted molar refractivity (Wildman–Crippen MR) is 179 cm³/mol. The summed E-state index contributed by atoms with van der Waals surface area (Å²) in [6, 6.07) is 26.5. The van der Waals surface area contributed by atoms with Crippen molar-refractivity contribution < 1.29 is 18.0 Å². The summed E-state index contributed by atoms with van der Waals surface area (Å²) in [7, 11) is -4.19. The van der Waals surface area contributed by atoms with Crippen LogP contribution in [0.5, 0.6) is 0 Å². The monoisotopic (exact) mass is 715 g/mol. The van der Waals surface area contributed by atoms with Crippen molar-refractivity contribution in [3.63, 3.8) is 0 Å². The van der Waals surface area contributed by atoms with Gasteiger partial charge in [-0.2, -0.15) is 0 Å². The van der Waals surface area contributed by atoms with Gasteiger partial charge in [0.25, 0.3) is 10.0 Å². The van der Waals surface area contributed by atoms with Crippen molar-refractivity contribution in [2.24, 2.45) is 0 Å². The molecule has 0 unspecified atom stereocenters. The SMILES string of the molecule is CCNC(=O)[C@H](Cc1ccccc1)N(Cc1ccc(Cl)c(Cl)c1)C(=O)CN(c1cccc(Br)c1)S(=O)(=O)c1ccc(C)cc1. The molecule has 1 atom stereocenters. The minimum atomic E-state index is -4.19. The lowest BCUT2D eigenvalue weighted by Crippen LogP contribution is -2.53. The van der Waals surface area contributed by atoms with Gasteiger partial charge in [-0.3, -0.25) is 13.9 Å². The summed E-state index contributed by atoms with van der Waals surface area (Å²) in [5, 5.41) is 3.49. The zero-order valence-corrected chi connectivity index (χ0v) is 28.1. The Labute approximate surface area is 277 Å². The van der Waals surface area contributed by atoms with Gasteiger partial charge in [0.15, 0.2) is 0 Å². The second-order valence-electron chi connectivity index (χ2n) is 10.2. The molecule has 0 aromatic heterocycles. The fraction of sp³-hybridized carbons (Fsp3) is 0.212. The standard InChI is InChI=1S/C33H32BrCl2N3O4S/c1-3-37-33(41)31(19-24-8-5-4-6-9-24)38(21-25-14-17-29(35)30(36)18-25)32(40)22-39(27-11-7-10-26(34)20-27)44(42,43)28-15-12-23(2)13-16-28/h4-18,20,31H,3,19,21-22H2,1-2H3,(H,37,41)/t31-/m0/s1. The molecule has 0 aliphatic carbocycles. The first kappa shape index (κ1) is 33.5. The van der Waals surface area contributed by atoms with E-state index in [1.807, 2.05) is 37.3 Å². The second kappa shape index (κ2) is 15.1. The van der Waals surface area contributed by atoms with Gasteiger partial charge in [-0.05, 0) is 67.4 Å². The van der Waals surface area contributed by atoms with Gasteiger partial charge >= 0.3 is 0 Å². The third-order valence-electron chi connectivity index (χ3n) is 6.94. The molecular formula is C33H32BrCl2N3O4S. The summed E-state index contributed by atoms with van der Waals surface area (Å²) in [6.07, 6.45) is 0.210. The van der Waals surface area contributed by atoms with Gasteiger partial charge in [-0.15, -0.1) is 0 Å². The summed E-state index contributed by atoms with van der Waals surface area (Å²) in [5.41, 5.74) is 2.66. The topological polar surface area (TPSA) is 86.8 Å². The number of hydrogen-bond donors (Lipinski definition) is 1. The van der Waals surface area contributed by atoms with Crippen LogP contribution in [0.4, 0.5) is 5.69 Å². The highest BCUT2D eigenvalue weighted by molar-refractivity contribution is 9.10. The number of anilines is 1. The van der Waals surface area contributed by atoms with Gasteiger partial charge in [0, 0.05) is 24.0 Å². The molecule has 2 amide bonds. The number of hydrogen-bond acceptors (Lipinski definition) is 4. The minimum Gasteiger partial charge on any atom is -0.355 e. The van der Waals surface area contributed by atoms with Crippen LogP contribution in [0.2, 0.25) is 10.0 Å². The largest absolute Gasteiger partial charge is 0.355 e. The van der Waals surface area contributed by atoms with E-state index in [1.54, 1.807) is 61.5 Å². The average Bonchev–Trinajstić information content (AvgIpc) is 3.00. The molecule has 0 fully saturated rings. The van der Waals surface area contributed by atoms with Crippen molar-refractivity contribution in [3.8, 4) is 0 Å². The van der Waals surface area contributed by atoms with Gasteiger partial charge < -0.3 is 10.2 Å². The van der Waals surface area contributed by atoms with Gasteiger partial charge in [-0.25, -0.2) is 8.42 Å². The Balaban J connectivity index is 1.81. The number of carbonyl (C=O) groups is 2. The molecule has 4 aromatic carbocycles. The summed E-state index contributed by atoms with van der Waals surface area (Å²) in [5.74, 6) is -0.931. The van der Waals surface area contributed by atoms with E-state index in [0.717, 1.165) is 15.4 Å². The van der Waals surface area contributed by atoms with E-state index in [2.05, 4.69) is 21.2 Å². The van der Waals surface area contributed by atoms with E-state index in [1.165, 1.54) is 17.0 Å². The number of nitrogens with zero attached hydrogens (tertiary/aromatic N) is 2. The molecule has 0 aliphatic heterocycles. The van der Waals surface area contributed by atoms with Crippen LogP contribution < -0.4 is 9.62 Å². The van der Waals surface area contributed by atoms with Crippen molar-refractivity contribution in [3.05, 3.63) is 128 Å². The summed E-state index contributed by atoms with van der Waals surface area (Å²) in [6.45, 7) is 3.44. The van der Waals surface area contributed by atoms with Crippen molar-refractivity contribution in [2.45, 2.75) is 37.8 Å². The Morgan fingerprint density at radius 3 is 2.20 bits per heavy atom.